The second-order valence-electron chi connectivity index (χ2n) is 4.58. The Labute approximate surface area is 98.8 Å². The van der Waals surface area contributed by atoms with E-state index in [9.17, 15) is 14.6 Å². The number of benzene rings is 1. The summed E-state index contributed by atoms with van der Waals surface area (Å²) in [7, 11) is 1.31. The zero-order valence-corrected chi connectivity index (χ0v) is 9.83. The van der Waals surface area contributed by atoms with Crippen LogP contribution in [0.2, 0.25) is 0 Å². The van der Waals surface area contributed by atoms with Gasteiger partial charge in [-0.1, -0.05) is 0 Å². The van der Waals surface area contributed by atoms with E-state index in [-0.39, 0.29) is 23.1 Å². The zero-order chi connectivity index (χ0) is 12.8. The van der Waals surface area contributed by atoms with E-state index in [1.807, 2.05) is 0 Å². The van der Waals surface area contributed by atoms with Gasteiger partial charge in [0.2, 0.25) is 0 Å². The normalized spacial score (nSPS) is 18.8. The van der Waals surface area contributed by atoms with Crippen molar-refractivity contribution in [1.29, 1.82) is 0 Å². The molecular weight excluding hydrogens is 225 g/mol. The van der Waals surface area contributed by atoms with Crippen molar-refractivity contribution >= 4 is 0 Å². The van der Waals surface area contributed by atoms with Crippen molar-refractivity contribution in [3.05, 3.63) is 17.4 Å². The van der Waals surface area contributed by atoms with Crippen LogP contribution in [0.4, 0.5) is 4.39 Å². The minimum atomic E-state index is -0.641. The van der Waals surface area contributed by atoms with Gasteiger partial charge in [0.25, 0.3) is 0 Å². The van der Waals surface area contributed by atoms with Crippen LogP contribution in [0.1, 0.15) is 25.3 Å². The summed E-state index contributed by atoms with van der Waals surface area (Å²) in [6.45, 7) is 1.77. The van der Waals surface area contributed by atoms with Gasteiger partial charge < -0.3 is 20.7 Å². The molecule has 1 unspecified atom stereocenters. The maximum absolute atomic E-state index is 14.2. The number of phenolic OH excluding ortho intramolecular Hbond substituents is 2. The fourth-order valence-electron chi connectivity index (χ4n) is 2.28. The van der Waals surface area contributed by atoms with Gasteiger partial charge in [0.15, 0.2) is 23.1 Å². The quantitative estimate of drug-likeness (QED) is 0.703. The minimum Gasteiger partial charge on any atom is -0.504 e. The first-order chi connectivity index (χ1) is 7.94. The minimum absolute atomic E-state index is 0.0735. The molecule has 0 amide bonds. The largest absolute Gasteiger partial charge is 0.504 e. The van der Waals surface area contributed by atoms with E-state index in [1.165, 1.54) is 7.11 Å². The number of hydrogen-bond acceptors (Lipinski definition) is 4. The zero-order valence-electron chi connectivity index (χ0n) is 9.83. The van der Waals surface area contributed by atoms with Gasteiger partial charge in [-0.15, -0.1) is 0 Å². The van der Waals surface area contributed by atoms with Gasteiger partial charge in [0.05, 0.1) is 7.11 Å². The third kappa shape index (κ3) is 1.61. The molecule has 0 bridgehead atoms. The van der Waals surface area contributed by atoms with Crippen LogP contribution < -0.4 is 10.5 Å². The number of nitrogens with two attached hydrogens (primary N) is 1. The maximum atomic E-state index is 14.2. The van der Waals surface area contributed by atoms with Crippen molar-refractivity contribution < 1.29 is 19.3 Å². The molecule has 1 saturated carbocycles. The van der Waals surface area contributed by atoms with E-state index in [0.29, 0.717) is 12.8 Å². The Hall–Kier alpha value is -1.49. The number of aromatic hydroxyl groups is 2. The molecular formula is C12H16FNO3. The molecule has 0 aromatic heterocycles. The van der Waals surface area contributed by atoms with Gasteiger partial charge in [-0.2, -0.15) is 0 Å². The number of phenols is 2. The lowest BCUT2D eigenvalue weighted by atomic mass is 9.87. The van der Waals surface area contributed by atoms with Gasteiger partial charge in [-0.25, -0.2) is 4.39 Å². The fourth-order valence-corrected chi connectivity index (χ4v) is 2.28. The Morgan fingerprint density at radius 1 is 1.47 bits per heavy atom. The van der Waals surface area contributed by atoms with Crippen LogP contribution >= 0.6 is 0 Å². The lowest BCUT2D eigenvalue weighted by Crippen LogP contribution is -2.32. The molecule has 1 aliphatic rings. The van der Waals surface area contributed by atoms with Crippen LogP contribution in [0.15, 0.2) is 6.07 Å². The van der Waals surface area contributed by atoms with Gasteiger partial charge in [0.1, 0.15) is 0 Å². The van der Waals surface area contributed by atoms with E-state index in [1.54, 1.807) is 6.92 Å². The smallest absolute Gasteiger partial charge is 0.172 e. The van der Waals surface area contributed by atoms with Crippen molar-refractivity contribution in [2.75, 3.05) is 7.11 Å². The topological polar surface area (TPSA) is 75.7 Å². The highest BCUT2D eigenvalue weighted by Gasteiger charge is 2.51. The van der Waals surface area contributed by atoms with E-state index in [4.69, 9.17) is 10.5 Å². The highest BCUT2D eigenvalue weighted by molar-refractivity contribution is 5.56. The molecule has 0 aliphatic heterocycles. The summed E-state index contributed by atoms with van der Waals surface area (Å²) in [6, 6.07) is 0.764. The predicted molar refractivity (Wildman–Crippen MR) is 60.8 cm³/mol. The molecule has 1 atom stereocenters. The fraction of sp³-hybridized carbons (Fsp3) is 0.500. The van der Waals surface area contributed by atoms with Gasteiger partial charge >= 0.3 is 0 Å². The summed E-state index contributed by atoms with van der Waals surface area (Å²) in [5.41, 5.74) is 5.33. The summed E-state index contributed by atoms with van der Waals surface area (Å²) >= 11 is 0. The average Bonchev–Trinajstić information content (AvgIpc) is 3.05. The summed E-state index contributed by atoms with van der Waals surface area (Å²) in [5, 5.41) is 19.4. The molecule has 1 fully saturated rings. The first-order valence-corrected chi connectivity index (χ1v) is 5.48. The van der Waals surface area contributed by atoms with Gasteiger partial charge in [-0.05, 0) is 19.8 Å². The summed E-state index contributed by atoms with van der Waals surface area (Å²) < 4.78 is 19.0. The number of rotatable bonds is 3. The van der Waals surface area contributed by atoms with Crippen molar-refractivity contribution in [2.45, 2.75) is 31.2 Å². The molecule has 1 aromatic rings. The molecule has 2 rings (SSSR count). The summed E-state index contributed by atoms with van der Waals surface area (Å²) in [4.78, 5) is 0. The molecule has 1 aromatic carbocycles. The molecule has 0 spiro atoms. The van der Waals surface area contributed by atoms with E-state index in [0.717, 1.165) is 6.07 Å². The van der Waals surface area contributed by atoms with Crippen molar-refractivity contribution in [1.82, 2.24) is 0 Å². The second kappa shape index (κ2) is 3.77. The molecule has 94 valence electrons. The molecule has 0 radical (unpaired) electrons. The van der Waals surface area contributed by atoms with Crippen LogP contribution in [0.3, 0.4) is 0 Å². The standard InChI is InChI=1S/C12H16FNO3/c1-6(14)12(3-4-12)9-10(13)8(17-2)5-7(15)11(9)16/h5-6,15-16H,3-4,14H2,1-2H3. The Morgan fingerprint density at radius 3 is 2.47 bits per heavy atom. The number of hydrogen-bond donors (Lipinski definition) is 3. The average molecular weight is 241 g/mol. The Bertz CT molecular complexity index is 456. The first kappa shape index (κ1) is 12.0. The summed E-state index contributed by atoms with van der Waals surface area (Å²) in [6.07, 6.45) is 1.39. The highest BCUT2D eigenvalue weighted by Crippen LogP contribution is 2.56. The molecule has 17 heavy (non-hydrogen) atoms. The van der Waals surface area contributed by atoms with Crippen LogP contribution in [0.25, 0.3) is 0 Å². The lowest BCUT2D eigenvalue weighted by Gasteiger charge is -2.23. The molecule has 4 nitrogen and oxygen atoms in total. The monoisotopic (exact) mass is 241 g/mol. The van der Waals surface area contributed by atoms with E-state index in [2.05, 4.69) is 0 Å². The maximum Gasteiger partial charge on any atom is 0.172 e. The van der Waals surface area contributed by atoms with Crippen molar-refractivity contribution in [2.24, 2.45) is 5.73 Å². The van der Waals surface area contributed by atoms with E-state index >= 15 is 0 Å². The number of halogens is 1. The number of methoxy groups -OCH3 is 1. The first-order valence-electron chi connectivity index (χ1n) is 5.48. The van der Waals surface area contributed by atoms with Gasteiger partial charge in [-0.3, -0.25) is 0 Å². The molecule has 4 N–H and O–H groups in total. The number of ether oxygens (including phenoxy) is 1. The van der Waals surface area contributed by atoms with Crippen molar-refractivity contribution in [3.8, 4) is 17.2 Å². The van der Waals surface area contributed by atoms with Gasteiger partial charge in [0, 0.05) is 23.1 Å². The Balaban J connectivity index is 2.64. The Morgan fingerprint density at radius 2 is 2.06 bits per heavy atom. The summed E-state index contributed by atoms with van der Waals surface area (Å²) in [5.74, 6) is -1.54. The van der Waals surface area contributed by atoms with Crippen LogP contribution in [0, 0.1) is 5.82 Å². The second-order valence-corrected chi connectivity index (χ2v) is 4.58. The van der Waals surface area contributed by atoms with Crippen LogP contribution in [-0.4, -0.2) is 23.4 Å². The third-order valence-electron chi connectivity index (χ3n) is 3.56. The Kier molecular flexibility index (Phi) is 2.66. The molecule has 1 aliphatic carbocycles. The van der Waals surface area contributed by atoms with E-state index < -0.39 is 17.0 Å². The predicted octanol–water partition coefficient (Wildman–Crippen LogP) is 1.62. The van der Waals surface area contributed by atoms with Crippen LogP contribution in [0.5, 0.6) is 17.2 Å². The third-order valence-corrected chi connectivity index (χ3v) is 3.56. The van der Waals surface area contributed by atoms with Crippen molar-refractivity contribution in [3.63, 3.8) is 0 Å². The molecule has 0 saturated heterocycles. The lowest BCUT2D eigenvalue weighted by molar-refractivity contribution is 0.349. The molecule has 5 heteroatoms. The highest BCUT2D eigenvalue weighted by atomic mass is 19.1. The molecule has 0 heterocycles. The van der Waals surface area contributed by atoms with Crippen LogP contribution in [-0.2, 0) is 5.41 Å². The SMILES string of the molecule is COc1cc(O)c(O)c(C2(C(C)N)CC2)c1F.